The minimum atomic E-state index is -0.0966. The Hall–Kier alpha value is -2.75. The second-order valence-electron chi connectivity index (χ2n) is 6.24. The molecule has 3 rings (SSSR count). The monoisotopic (exact) mass is 322 g/mol. The van der Waals surface area contributed by atoms with Gasteiger partial charge in [0.15, 0.2) is 0 Å². The largest absolute Gasteiger partial charge is 0.497 e. The average molecular weight is 322 g/mol. The SMILES string of the molecule is COc1ccc(C(NC(=O)c2cc3ccccc3[nH]2)C(C)C)cc1. The van der Waals surface area contributed by atoms with Gasteiger partial charge < -0.3 is 15.0 Å². The lowest BCUT2D eigenvalue weighted by atomic mass is 9.96. The number of H-pyrrole nitrogens is 1. The lowest BCUT2D eigenvalue weighted by molar-refractivity contribution is 0.0921. The second kappa shape index (κ2) is 6.79. The molecule has 0 aliphatic rings. The first-order valence-electron chi connectivity index (χ1n) is 8.11. The van der Waals surface area contributed by atoms with Crippen LogP contribution in [0.25, 0.3) is 10.9 Å². The summed E-state index contributed by atoms with van der Waals surface area (Å²) in [6, 6.07) is 17.5. The number of rotatable bonds is 5. The highest BCUT2D eigenvalue weighted by molar-refractivity contribution is 5.98. The van der Waals surface area contributed by atoms with E-state index in [4.69, 9.17) is 4.74 Å². The molecule has 124 valence electrons. The number of methoxy groups -OCH3 is 1. The van der Waals surface area contributed by atoms with Gasteiger partial charge in [0.05, 0.1) is 13.2 Å². The molecule has 1 amide bonds. The predicted molar refractivity (Wildman–Crippen MR) is 96.3 cm³/mol. The lowest BCUT2D eigenvalue weighted by Gasteiger charge is -2.23. The summed E-state index contributed by atoms with van der Waals surface area (Å²) in [4.78, 5) is 15.8. The third kappa shape index (κ3) is 3.27. The summed E-state index contributed by atoms with van der Waals surface area (Å²) in [5.74, 6) is 0.982. The average Bonchev–Trinajstić information content (AvgIpc) is 3.03. The Labute approximate surface area is 141 Å². The number of benzene rings is 2. The number of para-hydroxylation sites is 1. The minimum absolute atomic E-state index is 0.0604. The van der Waals surface area contributed by atoms with Gasteiger partial charge in [-0.1, -0.05) is 44.2 Å². The highest BCUT2D eigenvalue weighted by atomic mass is 16.5. The molecule has 0 saturated carbocycles. The molecular weight excluding hydrogens is 300 g/mol. The van der Waals surface area contributed by atoms with Crippen LogP contribution in [0.15, 0.2) is 54.6 Å². The fourth-order valence-corrected chi connectivity index (χ4v) is 2.86. The van der Waals surface area contributed by atoms with Crippen molar-refractivity contribution in [1.29, 1.82) is 0 Å². The van der Waals surface area contributed by atoms with Crippen LogP contribution in [0.1, 0.15) is 35.9 Å². The predicted octanol–water partition coefficient (Wildman–Crippen LogP) is 4.30. The Morgan fingerprint density at radius 3 is 2.42 bits per heavy atom. The number of carbonyl (C=O) groups excluding carboxylic acids is 1. The van der Waals surface area contributed by atoms with Gasteiger partial charge in [-0.05, 0) is 35.7 Å². The molecule has 4 nitrogen and oxygen atoms in total. The smallest absolute Gasteiger partial charge is 0.268 e. The number of nitrogens with one attached hydrogen (secondary N) is 2. The van der Waals surface area contributed by atoms with Crippen molar-refractivity contribution in [3.63, 3.8) is 0 Å². The van der Waals surface area contributed by atoms with E-state index in [1.807, 2.05) is 54.6 Å². The number of aromatic nitrogens is 1. The second-order valence-corrected chi connectivity index (χ2v) is 6.24. The fourth-order valence-electron chi connectivity index (χ4n) is 2.86. The molecule has 0 aliphatic heterocycles. The van der Waals surface area contributed by atoms with Crippen LogP contribution in [0.2, 0.25) is 0 Å². The van der Waals surface area contributed by atoms with Gasteiger partial charge in [-0.15, -0.1) is 0 Å². The van der Waals surface area contributed by atoms with Gasteiger partial charge in [-0.2, -0.15) is 0 Å². The molecule has 0 bridgehead atoms. The molecule has 2 N–H and O–H groups in total. The van der Waals surface area contributed by atoms with Crippen molar-refractivity contribution in [1.82, 2.24) is 10.3 Å². The molecule has 0 fully saturated rings. The van der Waals surface area contributed by atoms with E-state index in [-0.39, 0.29) is 17.9 Å². The minimum Gasteiger partial charge on any atom is -0.497 e. The number of ether oxygens (including phenoxy) is 1. The zero-order valence-electron chi connectivity index (χ0n) is 14.2. The first kappa shape index (κ1) is 16.1. The number of hydrogen-bond acceptors (Lipinski definition) is 2. The van der Waals surface area contributed by atoms with Crippen LogP contribution in [0.5, 0.6) is 5.75 Å². The van der Waals surface area contributed by atoms with Crippen LogP contribution in [0.3, 0.4) is 0 Å². The Balaban J connectivity index is 1.82. The van der Waals surface area contributed by atoms with Crippen LogP contribution in [-0.2, 0) is 0 Å². The van der Waals surface area contributed by atoms with Crippen molar-refractivity contribution in [2.45, 2.75) is 19.9 Å². The standard InChI is InChI=1S/C20H22N2O2/c1-13(2)19(14-8-10-16(24-3)11-9-14)22-20(23)18-12-15-6-4-5-7-17(15)21-18/h4-13,19,21H,1-3H3,(H,22,23). The van der Waals surface area contributed by atoms with Crippen molar-refractivity contribution in [3.8, 4) is 5.75 Å². The number of aromatic amines is 1. The summed E-state index contributed by atoms with van der Waals surface area (Å²) in [6.45, 7) is 4.20. The van der Waals surface area contributed by atoms with Crippen LogP contribution < -0.4 is 10.1 Å². The summed E-state index contributed by atoms with van der Waals surface area (Å²) in [5.41, 5.74) is 2.61. The molecule has 1 atom stereocenters. The first-order chi connectivity index (χ1) is 11.6. The molecule has 0 spiro atoms. The van der Waals surface area contributed by atoms with Crippen LogP contribution in [-0.4, -0.2) is 18.0 Å². The summed E-state index contributed by atoms with van der Waals surface area (Å²) in [5, 5.41) is 4.17. The van der Waals surface area contributed by atoms with Gasteiger partial charge in [0.1, 0.15) is 11.4 Å². The van der Waals surface area contributed by atoms with E-state index in [9.17, 15) is 4.79 Å². The Morgan fingerprint density at radius 1 is 1.08 bits per heavy atom. The molecule has 4 heteroatoms. The molecule has 0 aliphatic carbocycles. The van der Waals surface area contributed by atoms with E-state index in [0.717, 1.165) is 22.2 Å². The topological polar surface area (TPSA) is 54.1 Å². The van der Waals surface area contributed by atoms with E-state index in [1.165, 1.54) is 0 Å². The van der Waals surface area contributed by atoms with E-state index < -0.39 is 0 Å². The van der Waals surface area contributed by atoms with E-state index in [1.54, 1.807) is 7.11 Å². The quantitative estimate of drug-likeness (QED) is 0.735. The Morgan fingerprint density at radius 2 is 1.79 bits per heavy atom. The number of hydrogen-bond donors (Lipinski definition) is 2. The normalized spacial score (nSPS) is 12.3. The van der Waals surface area contributed by atoms with Crippen molar-refractivity contribution < 1.29 is 9.53 Å². The van der Waals surface area contributed by atoms with Gasteiger partial charge in [0, 0.05) is 10.9 Å². The summed E-state index contributed by atoms with van der Waals surface area (Å²) in [6.07, 6.45) is 0. The fraction of sp³-hybridized carbons (Fsp3) is 0.250. The molecule has 2 aromatic carbocycles. The summed E-state index contributed by atoms with van der Waals surface area (Å²) in [7, 11) is 1.65. The van der Waals surface area contributed by atoms with Crippen LogP contribution >= 0.6 is 0 Å². The Kier molecular flexibility index (Phi) is 4.56. The van der Waals surface area contributed by atoms with Gasteiger partial charge in [-0.25, -0.2) is 0 Å². The number of amides is 1. The van der Waals surface area contributed by atoms with Gasteiger partial charge in [0.2, 0.25) is 0 Å². The lowest BCUT2D eigenvalue weighted by Crippen LogP contribution is -2.31. The van der Waals surface area contributed by atoms with E-state index in [0.29, 0.717) is 5.69 Å². The molecule has 3 aromatic rings. The van der Waals surface area contributed by atoms with Gasteiger partial charge in [0.25, 0.3) is 5.91 Å². The number of carbonyl (C=O) groups is 1. The molecule has 1 heterocycles. The highest BCUT2D eigenvalue weighted by Crippen LogP contribution is 2.24. The van der Waals surface area contributed by atoms with E-state index in [2.05, 4.69) is 24.1 Å². The number of fused-ring (bicyclic) bond motifs is 1. The summed E-state index contributed by atoms with van der Waals surface area (Å²) >= 11 is 0. The third-order valence-electron chi connectivity index (χ3n) is 4.20. The molecule has 1 unspecified atom stereocenters. The maximum absolute atomic E-state index is 12.7. The van der Waals surface area contributed by atoms with Crippen molar-refractivity contribution in [2.75, 3.05) is 7.11 Å². The van der Waals surface area contributed by atoms with Crippen LogP contribution in [0.4, 0.5) is 0 Å². The molecule has 1 aromatic heterocycles. The van der Waals surface area contributed by atoms with Crippen LogP contribution in [0, 0.1) is 5.92 Å². The van der Waals surface area contributed by atoms with Gasteiger partial charge in [-0.3, -0.25) is 4.79 Å². The first-order valence-corrected chi connectivity index (χ1v) is 8.11. The van der Waals surface area contributed by atoms with Gasteiger partial charge >= 0.3 is 0 Å². The van der Waals surface area contributed by atoms with Crippen molar-refractivity contribution in [3.05, 3.63) is 65.9 Å². The maximum Gasteiger partial charge on any atom is 0.268 e. The van der Waals surface area contributed by atoms with Crippen molar-refractivity contribution in [2.24, 2.45) is 5.92 Å². The molecule has 0 saturated heterocycles. The zero-order valence-corrected chi connectivity index (χ0v) is 14.2. The molecule has 0 radical (unpaired) electrons. The third-order valence-corrected chi connectivity index (χ3v) is 4.20. The highest BCUT2D eigenvalue weighted by Gasteiger charge is 2.20. The Bertz CT molecular complexity index is 801. The maximum atomic E-state index is 12.7. The summed E-state index contributed by atoms with van der Waals surface area (Å²) < 4.78 is 5.20. The van der Waals surface area contributed by atoms with Crippen molar-refractivity contribution >= 4 is 16.8 Å². The zero-order chi connectivity index (χ0) is 17.1. The molecule has 24 heavy (non-hydrogen) atoms. The molecular formula is C20H22N2O2. The van der Waals surface area contributed by atoms with E-state index >= 15 is 0 Å².